The highest BCUT2D eigenvalue weighted by Crippen LogP contribution is 2.10. The molecule has 0 bridgehead atoms. The molecule has 4 heteroatoms. The lowest BCUT2D eigenvalue weighted by Gasteiger charge is -2.03. The lowest BCUT2D eigenvalue weighted by molar-refractivity contribution is -0.116. The predicted molar refractivity (Wildman–Crippen MR) is 77.6 cm³/mol. The largest absolute Gasteiger partial charge is 0.298 e. The number of hydrogen-bond donors (Lipinski definition) is 0. The van der Waals surface area contributed by atoms with Crippen molar-refractivity contribution < 1.29 is 13.4 Å². The summed E-state index contributed by atoms with van der Waals surface area (Å²) in [7, 11) is -1.33. The average molecular weight is 290 g/mol. The van der Waals surface area contributed by atoms with E-state index in [4.69, 9.17) is 0 Å². The molecule has 2 nitrogen and oxygen atoms in total. The fraction of sp³-hybridized carbons (Fsp3) is 0.188. The molecule has 2 aromatic rings. The van der Waals surface area contributed by atoms with Crippen LogP contribution < -0.4 is 0 Å². The molecule has 0 aromatic heterocycles. The maximum atomic E-state index is 12.8. The lowest BCUT2D eigenvalue weighted by Crippen LogP contribution is -2.13. The van der Waals surface area contributed by atoms with Crippen molar-refractivity contribution in [1.29, 1.82) is 0 Å². The van der Waals surface area contributed by atoms with Gasteiger partial charge in [-0.05, 0) is 42.3 Å². The van der Waals surface area contributed by atoms with Crippen LogP contribution in [-0.4, -0.2) is 15.7 Å². The van der Waals surface area contributed by atoms with Gasteiger partial charge in [-0.2, -0.15) is 0 Å². The van der Waals surface area contributed by atoms with Gasteiger partial charge in [-0.15, -0.1) is 0 Å². The second-order valence-electron chi connectivity index (χ2n) is 4.65. The Kier molecular flexibility index (Phi) is 4.79. The molecule has 0 saturated carbocycles. The quantitative estimate of drug-likeness (QED) is 0.848. The highest BCUT2D eigenvalue weighted by molar-refractivity contribution is 7.85. The second-order valence-corrected chi connectivity index (χ2v) is 6.10. The number of benzene rings is 2. The first-order valence-electron chi connectivity index (χ1n) is 6.26. The summed E-state index contributed by atoms with van der Waals surface area (Å²) in [5.74, 6) is -0.457. The maximum Gasteiger partial charge on any atom is 0.150 e. The van der Waals surface area contributed by atoms with Crippen LogP contribution in [0.5, 0.6) is 0 Å². The van der Waals surface area contributed by atoms with Crippen LogP contribution in [0.4, 0.5) is 4.39 Å². The number of Topliss-reactive ketones (excluding diaryl/α,β-unsaturated/α-hetero) is 1. The van der Waals surface area contributed by atoms with Crippen LogP contribution in [0.1, 0.15) is 11.1 Å². The highest BCUT2D eigenvalue weighted by Gasteiger charge is 2.11. The van der Waals surface area contributed by atoms with E-state index in [1.54, 1.807) is 18.2 Å². The Morgan fingerprint density at radius 2 is 1.85 bits per heavy atom. The van der Waals surface area contributed by atoms with Crippen LogP contribution in [0.15, 0.2) is 53.4 Å². The first kappa shape index (κ1) is 14.6. The van der Waals surface area contributed by atoms with Gasteiger partial charge >= 0.3 is 0 Å². The van der Waals surface area contributed by atoms with E-state index in [1.165, 1.54) is 12.1 Å². The number of rotatable bonds is 5. The summed E-state index contributed by atoms with van der Waals surface area (Å²) < 4.78 is 24.8. The minimum atomic E-state index is -1.33. The summed E-state index contributed by atoms with van der Waals surface area (Å²) >= 11 is 0. The van der Waals surface area contributed by atoms with Crippen LogP contribution >= 0.6 is 0 Å². The zero-order valence-electron chi connectivity index (χ0n) is 11.1. The molecule has 0 saturated heterocycles. The number of carbonyl (C=O) groups is 1. The molecular weight excluding hydrogens is 275 g/mol. The summed E-state index contributed by atoms with van der Waals surface area (Å²) in [4.78, 5) is 12.5. The second kappa shape index (κ2) is 6.57. The molecule has 1 atom stereocenters. The van der Waals surface area contributed by atoms with Gasteiger partial charge in [0.1, 0.15) is 11.6 Å². The first-order chi connectivity index (χ1) is 9.54. The zero-order valence-corrected chi connectivity index (χ0v) is 12.0. The van der Waals surface area contributed by atoms with Crippen molar-refractivity contribution >= 4 is 16.6 Å². The number of aryl methyl sites for hydroxylation is 1. The van der Waals surface area contributed by atoms with Crippen LogP contribution in [-0.2, 0) is 22.0 Å². The molecule has 0 radical (unpaired) electrons. The topological polar surface area (TPSA) is 34.1 Å². The molecule has 0 aliphatic carbocycles. The fourth-order valence-electron chi connectivity index (χ4n) is 1.87. The molecular formula is C16H15FO2S. The van der Waals surface area contributed by atoms with Crippen LogP contribution in [0.25, 0.3) is 0 Å². The average Bonchev–Trinajstić information content (AvgIpc) is 2.41. The Hall–Kier alpha value is -1.81. The maximum absolute atomic E-state index is 12.8. The highest BCUT2D eigenvalue weighted by atomic mass is 32.2. The third-order valence-corrected chi connectivity index (χ3v) is 4.22. The van der Waals surface area contributed by atoms with E-state index < -0.39 is 10.8 Å². The van der Waals surface area contributed by atoms with Crippen molar-refractivity contribution in [1.82, 2.24) is 0 Å². The van der Waals surface area contributed by atoms with Crippen molar-refractivity contribution in [2.24, 2.45) is 0 Å². The minimum absolute atomic E-state index is 0.0131. The van der Waals surface area contributed by atoms with Crippen LogP contribution in [0.2, 0.25) is 0 Å². The Labute approximate surface area is 120 Å². The van der Waals surface area contributed by atoms with Crippen molar-refractivity contribution in [2.75, 3.05) is 5.75 Å². The first-order valence-corrected chi connectivity index (χ1v) is 7.57. The molecule has 0 aliphatic rings. The molecule has 1 unspecified atom stereocenters. The van der Waals surface area contributed by atoms with Crippen molar-refractivity contribution in [3.63, 3.8) is 0 Å². The van der Waals surface area contributed by atoms with Gasteiger partial charge in [0, 0.05) is 11.3 Å². The van der Waals surface area contributed by atoms with E-state index in [0.29, 0.717) is 4.90 Å². The molecule has 0 aliphatic heterocycles. The van der Waals surface area contributed by atoms with E-state index in [-0.39, 0.29) is 23.8 Å². The van der Waals surface area contributed by atoms with Gasteiger partial charge in [-0.1, -0.05) is 24.3 Å². The smallest absolute Gasteiger partial charge is 0.150 e. The Bertz CT molecular complexity index is 635. The van der Waals surface area contributed by atoms with Gasteiger partial charge in [0.2, 0.25) is 0 Å². The van der Waals surface area contributed by atoms with Crippen molar-refractivity contribution in [3.05, 3.63) is 65.5 Å². The third-order valence-electron chi connectivity index (χ3n) is 2.86. The van der Waals surface area contributed by atoms with Crippen molar-refractivity contribution in [2.45, 2.75) is 18.2 Å². The molecule has 20 heavy (non-hydrogen) atoms. The number of halogens is 1. The van der Waals surface area contributed by atoms with Crippen LogP contribution in [0.3, 0.4) is 0 Å². The monoisotopic (exact) mass is 290 g/mol. The zero-order chi connectivity index (χ0) is 14.5. The molecule has 2 rings (SSSR count). The van der Waals surface area contributed by atoms with E-state index >= 15 is 0 Å². The van der Waals surface area contributed by atoms with Gasteiger partial charge < -0.3 is 0 Å². The molecule has 2 aromatic carbocycles. The van der Waals surface area contributed by atoms with Gasteiger partial charge in [0.15, 0.2) is 0 Å². The van der Waals surface area contributed by atoms with E-state index in [2.05, 4.69) is 0 Å². The number of ketones is 1. The molecule has 0 heterocycles. The Balaban J connectivity index is 1.97. The lowest BCUT2D eigenvalue weighted by atomic mass is 10.1. The van der Waals surface area contributed by atoms with E-state index in [1.807, 2.05) is 25.1 Å². The molecule has 0 amide bonds. The Morgan fingerprint density at radius 3 is 2.50 bits per heavy atom. The summed E-state index contributed by atoms with van der Waals surface area (Å²) in [5, 5.41) is 0. The van der Waals surface area contributed by atoms with Crippen molar-refractivity contribution in [3.8, 4) is 0 Å². The minimum Gasteiger partial charge on any atom is -0.298 e. The Morgan fingerprint density at radius 1 is 1.15 bits per heavy atom. The normalized spacial score (nSPS) is 12.1. The fourth-order valence-corrected chi connectivity index (χ4v) is 2.98. The van der Waals surface area contributed by atoms with Gasteiger partial charge in [-0.3, -0.25) is 9.00 Å². The number of carbonyl (C=O) groups excluding carboxylic acids is 1. The SMILES string of the molecule is Cc1cccc(S(=O)CC(=O)Cc2ccc(F)cc2)c1. The number of hydrogen-bond acceptors (Lipinski definition) is 2. The van der Waals surface area contributed by atoms with E-state index in [0.717, 1.165) is 11.1 Å². The van der Waals surface area contributed by atoms with Gasteiger partial charge in [0.05, 0.1) is 16.6 Å². The van der Waals surface area contributed by atoms with Gasteiger partial charge in [0.25, 0.3) is 0 Å². The standard InChI is InChI=1S/C16H15FO2S/c1-12-3-2-4-16(9-12)20(19)11-15(18)10-13-5-7-14(17)8-6-13/h2-9H,10-11H2,1H3. The summed E-state index contributed by atoms with van der Waals surface area (Å²) in [6.45, 7) is 1.92. The molecule has 0 N–H and O–H groups in total. The molecule has 104 valence electrons. The summed E-state index contributed by atoms with van der Waals surface area (Å²) in [6, 6.07) is 13.1. The molecule has 0 fully saturated rings. The predicted octanol–water partition coefficient (Wildman–Crippen LogP) is 3.05. The van der Waals surface area contributed by atoms with Crippen LogP contribution in [0, 0.1) is 12.7 Å². The molecule has 0 spiro atoms. The van der Waals surface area contributed by atoms with E-state index in [9.17, 15) is 13.4 Å². The van der Waals surface area contributed by atoms with Gasteiger partial charge in [-0.25, -0.2) is 4.39 Å². The summed E-state index contributed by atoms with van der Waals surface area (Å²) in [5.41, 5.74) is 1.75. The summed E-state index contributed by atoms with van der Waals surface area (Å²) in [6.07, 6.45) is 0.178. The third kappa shape index (κ3) is 4.10.